The molecule has 4 nitrogen and oxygen atoms in total. The molecule has 18 heavy (non-hydrogen) atoms. The highest BCUT2D eigenvalue weighted by molar-refractivity contribution is 7.90. The van der Waals surface area contributed by atoms with Gasteiger partial charge in [0.25, 0.3) is 0 Å². The van der Waals surface area contributed by atoms with E-state index in [1.54, 1.807) is 12.1 Å². The van der Waals surface area contributed by atoms with Crippen molar-refractivity contribution in [3.63, 3.8) is 0 Å². The van der Waals surface area contributed by atoms with Crippen LogP contribution in [0.15, 0.2) is 23.1 Å². The molecule has 0 aliphatic carbocycles. The molecule has 2 N–H and O–H groups in total. The largest absolute Gasteiger partial charge is 0.383 e. The molecule has 0 radical (unpaired) electrons. The fraction of sp³-hybridized carbons (Fsp3) is 0.538. The van der Waals surface area contributed by atoms with Crippen molar-refractivity contribution in [3.05, 3.63) is 23.8 Å². The van der Waals surface area contributed by atoms with E-state index in [1.807, 2.05) is 13.0 Å². The summed E-state index contributed by atoms with van der Waals surface area (Å²) in [5.41, 5.74) is 1.98. The molecule has 1 atom stereocenters. The third-order valence-corrected chi connectivity index (χ3v) is 4.45. The fourth-order valence-corrected chi connectivity index (χ4v) is 2.83. The van der Waals surface area contributed by atoms with E-state index in [0.717, 1.165) is 24.3 Å². The van der Waals surface area contributed by atoms with E-state index >= 15 is 0 Å². The van der Waals surface area contributed by atoms with Gasteiger partial charge in [-0.15, -0.1) is 0 Å². The number of sulfone groups is 1. The van der Waals surface area contributed by atoms with E-state index in [9.17, 15) is 8.42 Å². The number of hydrogen-bond donors (Lipinski definition) is 2. The molecule has 1 aromatic rings. The molecule has 1 saturated heterocycles. The van der Waals surface area contributed by atoms with Crippen LogP contribution in [-0.2, 0) is 9.84 Å². The van der Waals surface area contributed by atoms with Crippen molar-refractivity contribution >= 4 is 15.5 Å². The second kappa shape index (κ2) is 5.28. The van der Waals surface area contributed by atoms with Crippen molar-refractivity contribution in [2.45, 2.75) is 30.7 Å². The Morgan fingerprint density at radius 3 is 2.83 bits per heavy atom. The summed E-state index contributed by atoms with van der Waals surface area (Å²) in [6.45, 7) is 3.90. The van der Waals surface area contributed by atoms with E-state index < -0.39 is 9.84 Å². The molecule has 1 aliphatic heterocycles. The molecule has 0 spiro atoms. The minimum Gasteiger partial charge on any atom is -0.383 e. The Kier molecular flexibility index (Phi) is 3.92. The van der Waals surface area contributed by atoms with Crippen LogP contribution in [0.25, 0.3) is 0 Å². The lowest BCUT2D eigenvalue weighted by Crippen LogP contribution is -2.29. The first kappa shape index (κ1) is 13.4. The van der Waals surface area contributed by atoms with Crippen LogP contribution in [0.4, 0.5) is 5.69 Å². The molecule has 0 amide bonds. The lowest BCUT2D eigenvalue weighted by atomic mass is 10.2. The average molecular weight is 268 g/mol. The monoisotopic (exact) mass is 268 g/mol. The average Bonchev–Trinajstić information content (AvgIpc) is 2.79. The fourth-order valence-electron chi connectivity index (χ4n) is 2.19. The first-order chi connectivity index (χ1) is 8.47. The van der Waals surface area contributed by atoms with Crippen LogP contribution in [0.5, 0.6) is 0 Å². The van der Waals surface area contributed by atoms with Gasteiger partial charge in [0.05, 0.1) is 4.90 Å². The van der Waals surface area contributed by atoms with Crippen molar-refractivity contribution in [3.8, 4) is 0 Å². The Bertz CT molecular complexity index is 520. The van der Waals surface area contributed by atoms with Crippen molar-refractivity contribution in [2.75, 3.05) is 24.7 Å². The van der Waals surface area contributed by atoms with Crippen LogP contribution in [-0.4, -0.2) is 33.8 Å². The Labute approximate surface area is 109 Å². The van der Waals surface area contributed by atoms with Crippen molar-refractivity contribution in [1.29, 1.82) is 0 Å². The SMILES string of the molecule is Cc1ccc(S(C)(=O)=O)cc1NCC1CCCN1. The zero-order valence-corrected chi connectivity index (χ0v) is 11.7. The number of nitrogens with one attached hydrogen (secondary N) is 2. The van der Waals surface area contributed by atoms with Crippen molar-refractivity contribution in [1.82, 2.24) is 5.32 Å². The van der Waals surface area contributed by atoms with E-state index in [0.29, 0.717) is 10.9 Å². The van der Waals surface area contributed by atoms with E-state index in [1.165, 1.54) is 19.1 Å². The molecular formula is C13H20N2O2S. The van der Waals surface area contributed by atoms with Gasteiger partial charge in [0.15, 0.2) is 9.84 Å². The molecular weight excluding hydrogens is 248 g/mol. The number of benzene rings is 1. The Morgan fingerprint density at radius 2 is 2.22 bits per heavy atom. The predicted molar refractivity (Wildman–Crippen MR) is 73.8 cm³/mol. The molecule has 1 unspecified atom stereocenters. The molecule has 0 saturated carbocycles. The Hall–Kier alpha value is -1.07. The van der Waals surface area contributed by atoms with Crippen LogP contribution >= 0.6 is 0 Å². The van der Waals surface area contributed by atoms with Gasteiger partial charge in [0, 0.05) is 24.5 Å². The summed E-state index contributed by atoms with van der Waals surface area (Å²) in [6.07, 6.45) is 3.63. The van der Waals surface area contributed by atoms with Crippen LogP contribution in [0.1, 0.15) is 18.4 Å². The summed E-state index contributed by atoms with van der Waals surface area (Å²) in [4.78, 5) is 0.370. The number of hydrogen-bond acceptors (Lipinski definition) is 4. The maximum atomic E-state index is 11.5. The summed E-state index contributed by atoms with van der Waals surface area (Å²) in [5, 5.41) is 6.75. The minimum atomic E-state index is -3.14. The van der Waals surface area contributed by atoms with Gasteiger partial charge in [-0.1, -0.05) is 6.07 Å². The van der Waals surface area contributed by atoms with E-state index in [-0.39, 0.29) is 0 Å². The standard InChI is InChI=1S/C13H20N2O2S/c1-10-5-6-12(18(2,16)17)8-13(10)15-9-11-4-3-7-14-11/h5-6,8,11,14-15H,3-4,7,9H2,1-2H3. The molecule has 1 heterocycles. The van der Waals surface area contributed by atoms with Crippen molar-refractivity contribution < 1.29 is 8.42 Å². The van der Waals surface area contributed by atoms with Gasteiger partial charge >= 0.3 is 0 Å². The van der Waals surface area contributed by atoms with Crippen LogP contribution < -0.4 is 10.6 Å². The highest BCUT2D eigenvalue weighted by Crippen LogP contribution is 2.20. The molecule has 0 bridgehead atoms. The van der Waals surface area contributed by atoms with Gasteiger partial charge in [-0.05, 0) is 44.0 Å². The maximum absolute atomic E-state index is 11.5. The second-order valence-electron chi connectivity index (χ2n) is 4.92. The second-order valence-corrected chi connectivity index (χ2v) is 6.94. The van der Waals surface area contributed by atoms with Crippen molar-refractivity contribution in [2.24, 2.45) is 0 Å². The number of anilines is 1. The molecule has 100 valence electrons. The Balaban J connectivity index is 2.11. The van der Waals surface area contributed by atoms with E-state index in [2.05, 4.69) is 10.6 Å². The summed E-state index contributed by atoms with van der Waals surface area (Å²) in [6, 6.07) is 5.72. The smallest absolute Gasteiger partial charge is 0.175 e. The van der Waals surface area contributed by atoms with Gasteiger partial charge in [0.1, 0.15) is 0 Å². The molecule has 1 fully saturated rings. The third kappa shape index (κ3) is 3.23. The van der Waals surface area contributed by atoms with Gasteiger partial charge in [0.2, 0.25) is 0 Å². The lowest BCUT2D eigenvalue weighted by molar-refractivity contribution is 0.602. The topological polar surface area (TPSA) is 58.2 Å². The molecule has 1 aromatic carbocycles. The lowest BCUT2D eigenvalue weighted by Gasteiger charge is -2.15. The molecule has 1 aliphatic rings. The maximum Gasteiger partial charge on any atom is 0.175 e. The van der Waals surface area contributed by atoms with Gasteiger partial charge in [-0.3, -0.25) is 0 Å². The highest BCUT2D eigenvalue weighted by Gasteiger charge is 2.14. The van der Waals surface area contributed by atoms with Gasteiger partial charge < -0.3 is 10.6 Å². The van der Waals surface area contributed by atoms with Crippen LogP contribution in [0, 0.1) is 6.92 Å². The third-order valence-electron chi connectivity index (χ3n) is 3.34. The number of rotatable bonds is 4. The quantitative estimate of drug-likeness (QED) is 0.870. The zero-order chi connectivity index (χ0) is 13.2. The van der Waals surface area contributed by atoms with E-state index in [4.69, 9.17) is 0 Å². The molecule has 2 rings (SSSR count). The summed E-state index contributed by atoms with van der Waals surface area (Å²) in [7, 11) is -3.14. The number of aryl methyl sites for hydroxylation is 1. The highest BCUT2D eigenvalue weighted by atomic mass is 32.2. The first-order valence-corrected chi connectivity index (χ1v) is 8.14. The first-order valence-electron chi connectivity index (χ1n) is 6.25. The minimum absolute atomic E-state index is 0.370. The van der Waals surface area contributed by atoms with Crippen LogP contribution in [0.3, 0.4) is 0 Å². The predicted octanol–water partition coefficient (Wildman–Crippen LogP) is 1.56. The summed E-state index contributed by atoms with van der Waals surface area (Å²) >= 11 is 0. The summed E-state index contributed by atoms with van der Waals surface area (Å²) in [5.74, 6) is 0. The van der Waals surface area contributed by atoms with Crippen LogP contribution in [0.2, 0.25) is 0 Å². The molecule has 0 aromatic heterocycles. The van der Waals surface area contributed by atoms with Gasteiger partial charge in [-0.2, -0.15) is 0 Å². The normalized spacial score (nSPS) is 20.0. The molecule has 5 heteroatoms. The van der Waals surface area contributed by atoms with Gasteiger partial charge in [-0.25, -0.2) is 8.42 Å². The Morgan fingerprint density at radius 1 is 1.44 bits per heavy atom. The summed E-state index contributed by atoms with van der Waals surface area (Å²) < 4.78 is 23.0. The zero-order valence-electron chi connectivity index (χ0n) is 10.9.